The van der Waals surface area contributed by atoms with Gasteiger partial charge in [-0.15, -0.1) is 13.2 Å². The number of rotatable bonds is 6. The lowest BCUT2D eigenvalue weighted by atomic mass is 10.0. The number of nitrogens with two attached hydrogens (primary N) is 1. The van der Waals surface area contributed by atoms with Crippen molar-refractivity contribution in [1.29, 1.82) is 0 Å². The van der Waals surface area contributed by atoms with Crippen LogP contribution in [0.15, 0.2) is 68.1 Å². The molecule has 3 rings (SSSR count). The van der Waals surface area contributed by atoms with E-state index >= 15 is 0 Å². The van der Waals surface area contributed by atoms with Gasteiger partial charge in [0.25, 0.3) is 0 Å². The quantitative estimate of drug-likeness (QED) is 0.439. The lowest BCUT2D eigenvalue weighted by Gasteiger charge is -2.09. The van der Waals surface area contributed by atoms with Gasteiger partial charge >= 0.3 is 6.36 Å². The van der Waals surface area contributed by atoms with Crippen LogP contribution in [-0.2, 0) is 0 Å². The number of hydrogen-bond acceptors (Lipinski definition) is 6. The zero-order valence-corrected chi connectivity index (χ0v) is 17.7. The monoisotopic (exact) mass is 495 g/mol. The number of alkyl halides is 3. The molecule has 0 saturated heterocycles. The fourth-order valence-corrected chi connectivity index (χ4v) is 3.05. The highest BCUT2D eigenvalue weighted by molar-refractivity contribution is 9.10. The molecule has 0 atom stereocenters. The van der Waals surface area contributed by atoms with E-state index in [2.05, 4.69) is 30.6 Å². The molecule has 3 N–H and O–H groups in total. The third kappa shape index (κ3) is 5.96. The van der Waals surface area contributed by atoms with Gasteiger partial charge in [0, 0.05) is 34.4 Å². The number of hydrogen-bond donors (Lipinski definition) is 2. The first-order valence-corrected chi connectivity index (χ1v) is 9.68. The number of aliphatic hydroxyl groups is 1. The predicted molar refractivity (Wildman–Crippen MR) is 114 cm³/mol. The van der Waals surface area contributed by atoms with Crippen molar-refractivity contribution < 1.29 is 27.4 Å². The summed E-state index contributed by atoms with van der Waals surface area (Å²) in [4.78, 5) is 8.76. The minimum Gasteiger partial charge on any atom is -0.440 e. The Morgan fingerprint density at radius 3 is 2.61 bits per heavy atom. The minimum absolute atomic E-state index is 0.250. The number of halogens is 4. The Balaban J connectivity index is 2.03. The fourth-order valence-electron chi connectivity index (χ4n) is 2.69. The Bertz CT molecular complexity index is 1120. The molecule has 0 unspecified atom stereocenters. The number of aromatic nitrogens is 1. The number of oxazole rings is 1. The topological polar surface area (TPSA) is 93.9 Å². The summed E-state index contributed by atoms with van der Waals surface area (Å²) in [6.07, 6.45) is -1.85. The van der Waals surface area contributed by atoms with Gasteiger partial charge < -0.3 is 20.0 Å². The lowest BCUT2D eigenvalue weighted by Crippen LogP contribution is -2.16. The van der Waals surface area contributed by atoms with E-state index in [-0.39, 0.29) is 18.1 Å². The molecule has 0 saturated carbocycles. The third-order valence-corrected chi connectivity index (χ3v) is 4.48. The maximum absolute atomic E-state index is 12.4. The van der Waals surface area contributed by atoms with Gasteiger partial charge in [-0.25, -0.2) is 4.98 Å². The van der Waals surface area contributed by atoms with Crippen molar-refractivity contribution in [3.8, 4) is 28.3 Å². The second-order valence-electron chi connectivity index (χ2n) is 6.32. The molecule has 1 aromatic heterocycles. The van der Waals surface area contributed by atoms with Crippen molar-refractivity contribution >= 4 is 27.8 Å². The second kappa shape index (κ2) is 9.36. The number of aryl methyl sites for hydroxylation is 1. The highest BCUT2D eigenvalue weighted by Gasteiger charge is 2.31. The van der Waals surface area contributed by atoms with Gasteiger partial charge in [-0.3, -0.25) is 4.99 Å². The smallest absolute Gasteiger partial charge is 0.440 e. The van der Waals surface area contributed by atoms with Gasteiger partial charge in [0.05, 0.1) is 12.3 Å². The van der Waals surface area contributed by atoms with Gasteiger partial charge in [-0.1, -0.05) is 15.9 Å². The molecule has 6 nitrogen and oxygen atoms in total. The summed E-state index contributed by atoms with van der Waals surface area (Å²) in [6.45, 7) is 1.37. The van der Waals surface area contributed by atoms with Crippen molar-refractivity contribution in [2.75, 3.05) is 6.61 Å². The van der Waals surface area contributed by atoms with Crippen LogP contribution in [0, 0.1) is 6.92 Å². The maximum Gasteiger partial charge on any atom is 0.573 e. The van der Waals surface area contributed by atoms with Crippen molar-refractivity contribution in [3.05, 3.63) is 64.6 Å². The number of benzene rings is 2. The van der Waals surface area contributed by atoms with Crippen LogP contribution in [0.3, 0.4) is 0 Å². The molecular formula is C21H17BrF3N3O3. The molecule has 3 aromatic rings. The zero-order valence-electron chi connectivity index (χ0n) is 16.2. The van der Waals surface area contributed by atoms with Crippen LogP contribution in [0.2, 0.25) is 0 Å². The third-order valence-electron chi connectivity index (χ3n) is 3.98. The molecule has 2 aromatic carbocycles. The van der Waals surface area contributed by atoms with E-state index in [9.17, 15) is 13.2 Å². The van der Waals surface area contributed by atoms with E-state index in [1.807, 2.05) is 0 Å². The van der Waals surface area contributed by atoms with Crippen LogP contribution in [0.1, 0.15) is 5.89 Å². The van der Waals surface area contributed by atoms with Crippen LogP contribution < -0.4 is 10.5 Å². The summed E-state index contributed by atoms with van der Waals surface area (Å²) in [6, 6.07) is 10.7. The highest BCUT2D eigenvalue weighted by Crippen LogP contribution is 2.39. The second-order valence-corrected chi connectivity index (χ2v) is 7.24. The summed E-state index contributed by atoms with van der Waals surface area (Å²) in [5.74, 6) is 0.438. The van der Waals surface area contributed by atoms with Crippen molar-refractivity contribution in [1.82, 2.24) is 4.98 Å². The first-order valence-electron chi connectivity index (χ1n) is 8.89. The lowest BCUT2D eigenvalue weighted by molar-refractivity contribution is -0.274. The van der Waals surface area contributed by atoms with Crippen molar-refractivity contribution in [2.45, 2.75) is 13.3 Å². The molecule has 0 aliphatic carbocycles. The van der Waals surface area contributed by atoms with Crippen LogP contribution in [0.25, 0.3) is 22.6 Å². The molecule has 10 heteroatoms. The molecule has 0 aliphatic rings. The van der Waals surface area contributed by atoms with Gasteiger partial charge in [-0.05, 0) is 48.5 Å². The number of nitrogens with zero attached hydrogens (tertiary/aromatic N) is 2. The summed E-state index contributed by atoms with van der Waals surface area (Å²) < 4.78 is 47.7. The molecule has 1 heterocycles. The number of ether oxygens (including phenoxy) is 1. The molecule has 0 aliphatic heterocycles. The number of aliphatic imine (C=N–C) groups is 1. The summed E-state index contributed by atoms with van der Waals surface area (Å²) in [7, 11) is 0. The summed E-state index contributed by atoms with van der Waals surface area (Å²) in [5, 5.41) is 8.99. The number of aliphatic hydroxyl groups excluding tert-OH is 1. The minimum atomic E-state index is -4.77. The van der Waals surface area contributed by atoms with Gasteiger partial charge in [-0.2, -0.15) is 0 Å². The van der Waals surface area contributed by atoms with Crippen LogP contribution in [0.4, 0.5) is 18.9 Å². The molecule has 0 amide bonds. The highest BCUT2D eigenvalue weighted by atomic mass is 79.9. The SMILES string of the molecule is Cc1nc(-c2ccc(OC(F)(F)F)cc2)c(-c2cc(Br)ccc2N=CC=C(N)CO)o1. The molecular weight excluding hydrogens is 479 g/mol. The van der Waals surface area contributed by atoms with Crippen LogP contribution in [0.5, 0.6) is 5.75 Å². The van der Waals surface area contributed by atoms with E-state index in [0.29, 0.717) is 34.2 Å². The fraction of sp³-hybridized carbons (Fsp3) is 0.143. The Hall–Kier alpha value is -3.11. The van der Waals surface area contributed by atoms with Gasteiger partial charge in [0.15, 0.2) is 11.7 Å². The van der Waals surface area contributed by atoms with Crippen LogP contribution in [-0.4, -0.2) is 29.3 Å². The van der Waals surface area contributed by atoms with E-state index in [4.69, 9.17) is 15.3 Å². The predicted octanol–water partition coefficient (Wildman–Crippen LogP) is 5.52. The molecule has 0 bridgehead atoms. The van der Waals surface area contributed by atoms with Crippen LogP contribution >= 0.6 is 15.9 Å². The largest absolute Gasteiger partial charge is 0.573 e. The van der Waals surface area contributed by atoms with E-state index in [1.54, 1.807) is 25.1 Å². The Morgan fingerprint density at radius 2 is 1.97 bits per heavy atom. The Morgan fingerprint density at radius 1 is 1.26 bits per heavy atom. The average Bonchev–Trinajstić information content (AvgIpc) is 3.09. The first-order chi connectivity index (χ1) is 14.7. The van der Waals surface area contributed by atoms with Crippen molar-refractivity contribution in [3.63, 3.8) is 0 Å². The standard InChI is InChI=1S/C21H17BrF3N3O3/c1-12-28-19(13-2-5-16(6-3-13)31-21(23,24)25)20(30-12)17-10-14(22)4-7-18(17)27-9-8-15(26)11-29/h2-10,29H,11,26H2,1H3. The maximum atomic E-state index is 12.4. The molecule has 0 spiro atoms. The van der Waals surface area contributed by atoms with E-state index in [0.717, 1.165) is 4.47 Å². The molecule has 0 radical (unpaired) electrons. The summed E-state index contributed by atoms with van der Waals surface area (Å²) in [5.41, 5.74) is 7.95. The molecule has 31 heavy (non-hydrogen) atoms. The Kier molecular flexibility index (Phi) is 6.81. The first kappa shape index (κ1) is 22.6. The molecule has 162 valence electrons. The van der Waals surface area contributed by atoms with E-state index in [1.165, 1.54) is 36.6 Å². The zero-order chi connectivity index (χ0) is 22.6. The Labute approximate surface area is 184 Å². The number of allylic oxidation sites excluding steroid dienone is 1. The normalized spacial score (nSPS) is 12.5. The molecule has 0 fully saturated rings. The summed E-state index contributed by atoms with van der Waals surface area (Å²) >= 11 is 3.42. The average molecular weight is 496 g/mol. The van der Waals surface area contributed by atoms with Gasteiger partial charge in [0.2, 0.25) is 0 Å². The van der Waals surface area contributed by atoms with E-state index < -0.39 is 6.36 Å². The van der Waals surface area contributed by atoms with Gasteiger partial charge in [0.1, 0.15) is 11.4 Å². The van der Waals surface area contributed by atoms with Crippen molar-refractivity contribution in [2.24, 2.45) is 10.7 Å².